The predicted molar refractivity (Wildman–Crippen MR) is 107 cm³/mol. The average molecular weight is 375 g/mol. The van der Waals surface area contributed by atoms with Crippen molar-refractivity contribution in [2.75, 3.05) is 0 Å². The van der Waals surface area contributed by atoms with Crippen molar-refractivity contribution < 1.29 is 9.59 Å². The molecule has 1 saturated heterocycles. The Morgan fingerprint density at radius 3 is 2.41 bits per heavy atom. The first-order valence-corrected chi connectivity index (χ1v) is 11.2. The Bertz CT molecular complexity index is 639. The smallest absolute Gasteiger partial charge is 0.224 e. The molecule has 2 N–H and O–H groups in total. The summed E-state index contributed by atoms with van der Waals surface area (Å²) in [6.07, 6.45) is 8.71. The van der Waals surface area contributed by atoms with E-state index in [1.54, 1.807) is 0 Å². The van der Waals surface area contributed by atoms with Gasteiger partial charge in [-0.05, 0) is 94.3 Å². The van der Waals surface area contributed by atoms with E-state index in [2.05, 4.69) is 45.3 Å². The van der Waals surface area contributed by atoms with Crippen LogP contribution >= 0.6 is 0 Å². The molecule has 1 aliphatic heterocycles. The van der Waals surface area contributed by atoms with E-state index in [9.17, 15) is 9.59 Å². The molecule has 0 bridgehead atoms. The van der Waals surface area contributed by atoms with Crippen molar-refractivity contribution in [2.24, 2.45) is 34.5 Å². The van der Waals surface area contributed by atoms with Crippen molar-refractivity contribution >= 4 is 11.8 Å². The molecule has 3 aliphatic carbocycles. The van der Waals surface area contributed by atoms with Gasteiger partial charge in [-0.25, -0.2) is 0 Å². The lowest BCUT2D eigenvalue weighted by atomic mass is 9.47. The maximum atomic E-state index is 13.0. The number of nitrogens with one attached hydrogen (secondary N) is 2. The molecule has 4 nitrogen and oxygen atoms in total. The van der Waals surface area contributed by atoms with Crippen LogP contribution in [0.15, 0.2) is 0 Å². The van der Waals surface area contributed by atoms with Crippen LogP contribution in [-0.4, -0.2) is 23.4 Å². The highest BCUT2D eigenvalue weighted by atomic mass is 16.2. The van der Waals surface area contributed by atoms with Crippen molar-refractivity contribution in [1.82, 2.24) is 10.6 Å². The number of hydrogen-bond acceptors (Lipinski definition) is 2. The van der Waals surface area contributed by atoms with Crippen LogP contribution in [0.1, 0.15) is 86.0 Å². The van der Waals surface area contributed by atoms with E-state index >= 15 is 0 Å². The van der Waals surface area contributed by atoms with Crippen LogP contribution in [-0.2, 0) is 9.59 Å². The molecule has 152 valence electrons. The quantitative estimate of drug-likeness (QED) is 0.728. The van der Waals surface area contributed by atoms with Gasteiger partial charge in [0.15, 0.2) is 0 Å². The highest BCUT2D eigenvalue weighted by molar-refractivity contribution is 5.80. The SMILES string of the molecule is CC(C)(C)NC(=O)[C@H]1CCC2C3CC[C@H]4NC(=O)CC[C@]4(C)C3CC[C@@]21C. The van der Waals surface area contributed by atoms with Crippen LogP contribution in [0.3, 0.4) is 0 Å². The lowest BCUT2D eigenvalue weighted by molar-refractivity contribution is -0.142. The molecule has 3 unspecified atom stereocenters. The first-order valence-electron chi connectivity index (χ1n) is 11.2. The van der Waals surface area contributed by atoms with Gasteiger partial charge in [-0.2, -0.15) is 0 Å². The minimum absolute atomic E-state index is 0.150. The molecule has 2 amide bonds. The van der Waals surface area contributed by atoms with Crippen molar-refractivity contribution in [3.05, 3.63) is 0 Å². The van der Waals surface area contributed by atoms with Gasteiger partial charge in [0.25, 0.3) is 0 Å². The van der Waals surface area contributed by atoms with Gasteiger partial charge in [0.2, 0.25) is 11.8 Å². The largest absolute Gasteiger partial charge is 0.353 e. The second-order valence-corrected chi connectivity index (χ2v) is 11.5. The number of piperidine rings is 1. The maximum absolute atomic E-state index is 13.0. The van der Waals surface area contributed by atoms with Crippen molar-refractivity contribution in [1.29, 1.82) is 0 Å². The molecule has 0 spiro atoms. The fraction of sp³-hybridized carbons (Fsp3) is 0.913. The van der Waals surface area contributed by atoms with E-state index in [0.29, 0.717) is 24.3 Å². The minimum atomic E-state index is -0.158. The highest BCUT2D eigenvalue weighted by Gasteiger charge is 2.61. The van der Waals surface area contributed by atoms with Gasteiger partial charge in [0.05, 0.1) is 0 Å². The zero-order valence-corrected chi connectivity index (χ0v) is 17.9. The summed E-state index contributed by atoms with van der Waals surface area (Å²) >= 11 is 0. The Labute approximate surface area is 164 Å². The average Bonchev–Trinajstić information content (AvgIpc) is 2.91. The Balaban J connectivity index is 1.55. The van der Waals surface area contributed by atoms with E-state index < -0.39 is 0 Å². The monoisotopic (exact) mass is 374 g/mol. The summed E-state index contributed by atoms with van der Waals surface area (Å²) in [7, 11) is 0. The number of hydrogen-bond donors (Lipinski definition) is 2. The number of amides is 2. The molecule has 4 heteroatoms. The molecule has 1 heterocycles. The van der Waals surface area contributed by atoms with Crippen LogP contribution in [0.25, 0.3) is 0 Å². The number of carbonyl (C=O) groups excluding carboxylic acids is 2. The topological polar surface area (TPSA) is 58.2 Å². The van der Waals surface area contributed by atoms with Gasteiger partial charge >= 0.3 is 0 Å². The lowest BCUT2D eigenvalue weighted by Gasteiger charge is -2.60. The lowest BCUT2D eigenvalue weighted by Crippen LogP contribution is -2.61. The number of rotatable bonds is 1. The van der Waals surface area contributed by atoms with Crippen molar-refractivity contribution in [3.63, 3.8) is 0 Å². The van der Waals surface area contributed by atoms with E-state index in [1.165, 1.54) is 19.3 Å². The Kier molecular flexibility index (Phi) is 4.44. The summed E-state index contributed by atoms with van der Waals surface area (Å²) in [4.78, 5) is 25.0. The van der Waals surface area contributed by atoms with Crippen LogP contribution in [0.4, 0.5) is 0 Å². The third kappa shape index (κ3) is 3.02. The highest BCUT2D eigenvalue weighted by Crippen LogP contribution is 2.65. The molecule has 0 aromatic rings. The van der Waals surface area contributed by atoms with Gasteiger partial charge in [0, 0.05) is 23.9 Å². The molecule has 4 aliphatic rings. The number of fused-ring (bicyclic) bond motifs is 5. The Morgan fingerprint density at radius 2 is 1.70 bits per heavy atom. The number of carbonyl (C=O) groups is 2. The van der Waals surface area contributed by atoms with E-state index in [0.717, 1.165) is 31.6 Å². The molecule has 0 radical (unpaired) electrons. The van der Waals surface area contributed by atoms with Crippen LogP contribution in [0, 0.1) is 34.5 Å². The van der Waals surface area contributed by atoms with Gasteiger partial charge in [-0.1, -0.05) is 13.8 Å². The van der Waals surface area contributed by atoms with Crippen molar-refractivity contribution in [3.8, 4) is 0 Å². The fourth-order valence-corrected chi connectivity index (χ4v) is 7.59. The summed E-state index contributed by atoms with van der Waals surface area (Å²) in [5.41, 5.74) is 0.246. The van der Waals surface area contributed by atoms with Gasteiger partial charge in [-0.15, -0.1) is 0 Å². The Morgan fingerprint density at radius 1 is 1.00 bits per heavy atom. The summed E-state index contributed by atoms with van der Waals surface area (Å²) in [6.45, 7) is 11.1. The predicted octanol–water partition coefficient (Wildman–Crippen LogP) is 4.04. The molecule has 0 aromatic heterocycles. The summed E-state index contributed by atoms with van der Waals surface area (Å²) in [5.74, 6) is 2.79. The first-order chi connectivity index (χ1) is 12.5. The van der Waals surface area contributed by atoms with Crippen LogP contribution in [0.2, 0.25) is 0 Å². The molecule has 27 heavy (non-hydrogen) atoms. The summed E-state index contributed by atoms with van der Waals surface area (Å²) < 4.78 is 0. The summed E-state index contributed by atoms with van der Waals surface area (Å²) in [5, 5.41) is 6.57. The van der Waals surface area contributed by atoms with Crippen molar-refractivity contribution in [2.45, 2.75) is 97.6 Å². The first kappa shape index (κ1) is 19.3. The molecular formula is C23H38N2O2. The molecule has 7 atom stereocenters. The normalized spacial score (nSPS) is 46.7. The van der Waals surface area contributed by atoms with Gasteiger partial charge < -0.3 is 10.6 Å². The second-order valence-electron chi connectivity index (χ2n) is 11.5. The third-order valence-corrected chi connectivity index (χ3v) is 8.91. The van der Waals surface area contributed by atoms with E-state index in [1.807, 2.05) is 0 Å². The standard InChI is InChI=1S/C23H38N2O2/c1-21(2,3)25-20(27)17-8-7-15-14-6-9-18-23(5,13-11-19(26)24-18)16(14)10-12-22(15,17)4/h14-18H,6-13H2,1-5H3,(H,24,26)(H,25,27)/t14?,15?,16?,17-,18-,22+,23-/m1/s1. The van der Waals surface area contributed by atoms with E-state index in [-0.39, 0.29) is 34.1 Å². The zero-order valence-electron chi connectivity index (χ0n) is 17.9. The molecule has 4 rings (SSSR count). The van der Waals surface area contributed by atoms with Gasteiger partial charge in [-0.3, -0.25) is 9.59 Å². The van der Waals surface area contributed by atoms with Crippen LogP contribution in [0.5, 0.6) is 0 Å². The molecule has 0 aromatic carbocycles. The van der Waals surface area contributed by atoms with Crippen LogP contribution < -0.4 is 10.6 Å². The minimum Gasteiger partial charge on any atom is -0.353 e. The Hall–Kier alpha value is -1.06. The van der Waals surface area contributed by atoms with Gasteiger partial charge in [0.1, 0.15) is 0 Å². The molecule has 4 fully saturated rings. The molecule has 3 saturated carbocycles. The summed E-state index contributed by atoms with van der Waals surface area (Å²) in [6, 6.07) is 0.366. The zero-order chi connectivity index (χ0) is 19.6. The molecular weight excluding hydrogens is 336 g/mol. The maximum Gasteiger partial charge on any atom is 0.224 e. The third-order valence-electron chi connectivity index (χ3n) is 8.91. The second kappa shape index (κ2) is 6.22. The van der Waals surface area contributed by atoms with E-state index in [4.69, 9.17) is 0 Å². The fourth-order valence-electron chi connectivity index (χ4n) is 7.59.